The van der Waals surface area contributed by atoms with E-state index in [2.05, 4.69) is 0 Å². The van der Waals surface area contributed by atoms with Gasteiger partial charge in [-0.3, -0.25) is 9.18 Å². The Kier molecular flexibility index (Phi) is 4.90. The lowest BCUT2D eigenvalue weighted by atomic mass is 9.93. The van der Waals surface area contributed by atoms with Crippen molar-refractivity contribution in [3.63, 3.8) is 0 Å². The van der Waals surface area contributed by atoms with Gasteiger partial charge in [0.15, 0.2) is 0 Å². The highest BCUT2D eigenvalue weighted by molar-refractivity contribution is 5.77. The summed E-state index contributed by atoms with van der Waals surface area (Å²) < 4.78 is 17.7. The molecule has 1 aromatic rings. The van der Waals surface area contributed by atoms with Crippen LogP contribution >= 0.6 is 0 Å². The number of halogens is 1. The highest BCUT2D eigenvalue weighted by Crippen LogP contribution is 2.22. The van der Waals surface area contributed by atoms with Gasteiger partial charge in [-0.25, -0.2) is 0 Å². The van der Waals surface area contributed by atoms with Crippen LogP contribution in [0.15, 0.2) is 24.3 Å². The van der Waals surface area contributed by atoms with Crippen molar-refractivity contribution >= 4 is 5.97 Å². The van der Waals surface area contributed by atoms with E-state index < -0.39 is 24.6 Å². The number of phenolic OH excluding ortho intramolecular Hbond substituents is 1. The van der Waals surface area contributed by atoms with Crippen molar-refractivity contribution in [1.29, 1.82) is 0 Å². The smallest absolute Gasteiger partial charge is 0.323 e. The molecular weight excluding hydrogens is 225 g/mol. The van der Waals surface area contributed by atoms with Crippen molar-refractivity contribution in [2.75, 3.05) is 13.3 Å². The number of ether oxygens (including phenoxy) is 1. The lowest BCUT2D eigenvalue weighted by Gasteiger charge is -2.19. The fraction of sp³-hybridized carbons (Fsp3) is 0.417. The first-order valence-electron chi connectivity index (χ1n) is 5.37. The maximum Gasteiger partial charge on any atom is 0.323 e. The zero-order valence-corrected chi connectivity index (χ0v) is 9.60. The van der Waals surface area contributed by atoms with Crippen LogP contribution < -0.4 is 5.73 Å². The highest BCUT2D eigenvalue weighted by atomic mass is 19.1. The topological polar surface area (TPSA) is 72.5 Å². The SMILES string of the molecule is CCOC(=O)[C@@H](N)C(CF)c1ccc(O)cc1. The van der Waals surface area contributed by atoms with Gasteiger partial charge in [-0.15, -0.1) is 0 Å². The molecule has 0 aromatic heterocycles. The standard InChI is InChI=1S/C12H16FNO3/c1-2-17-12(16)11(14)10(7-13)8-3-5-9(15)6-4-8/h3-6,10-11,15H,2,7,14H2,1H3/t10?,11-/m0/s1. The minimum atomic E-state index is -1.04. The van der Waals surface area contributed by atoms with Gasteiger partial charge in [-0.2, -0.15) is 0 Å². The molecule has 0 bridgehead atoms. The van der Waals surface area contributed by atoms with Crippen LogP contribution in [0.25, 0.3) is 0 Å². The number of esters is 1. The van der Waals surface area contributed by atoms with E-state index in [1.54, 1.807) is 19.1 Å². The van der Waals surface area contributed by atoms with Gasteiger partial charge < -0.3 is 15.6 Å². The summed E-state index contributed by atoms with van der Waals surface area (Å²) in [6, 6.07) is 4.90. The van der Waals surface area contributed by atoms with Crippen molar-refractivity contribution in [3.05, 3.63) is 29.8 Å². The summed E-state index contributed by atoms with van der Waals surface area (Å²) in [5, 5.41) is 9.13. The van der Waals surface area contributed by atoms with Crippen LogP contribution in [-0.2, 0) is 9.53 Å². The Hall–Kier alpha value is -1.62. The van der Waals surface area contributed by atoms with E-state index in [0.29, 0.717) is 5.56 Å². The number of nitrogens with two attached hydrogens (primary N) is 1. The van der Waals surface area contributed by atoms with E-state index in [0.717, 1.165) is 0 Å². The van der Waals surface area contributed by atoms with Gasteiger partial charge in [0.05, 0.1) is 13.3 Å². The van der Waals surface area contributed by atoms with Crippen LogP contribution in [0.2, 0.25) is 0 Å². The second-order valence-corrected chi connectivity index (χ2v) is 3.63. The molecule has 0 fully saturated rings. The summed E-state index contributed by atoms with van der Waals surface area (Å²) in [6.45, 7) is 1.11. The van der Waals surface area contributed by atoms with E-state index in [1.165, 1.54) is 12.1 Å². The van der Waals surface area contributed by atoms with E-state index in [9.17, 15) is 9.18 Å². The molecule has 4 nitrogen and oxygen atoms in total. The number of aromatic hydroxyl groups is 1. The lowest BCUT2D eigenvalue weighted by molar-refractivity contribution is -0.145. The molecule has 0 aliphatic rings. The third-order valence-electron chi connectivity index (χ3n) is 2.48. The second-order valence-electron chi connectivity index (χ2n) is 3.63. The molecule has 5 heteroatoms. The Bertz CT molecular complexity index is 367. The molecule has 17 heavy (non-hydrogen) atoms. The van der Waals surface area contributed by atoms with Crippen LogP contribution in [0.4, 0.5) is 4.39 Å². The fourth-order valence-corrected chi connectivity index (χ4v) is 1.52. The Balaban J connectivity index is 2.83. The molecular formula is C12H16FNO3. The molecule has 3 N–H and O–H groups in total. The Labute approximate surface area is 99.2 Å². The van der Waals surface area contributed by atoms with Crippen LogP contribution in [0, 0.1) is 0 Å². The number of carbonyl (C=O) groups is 1. The number of hydrogen-bond donors (Lipinski definition) is 2. The summed E-state index contributed by atoms with van der Waals surface area (Å²) in [6.07, 6.45) is 0. The molecule has 0 spiro atoms. The summed E-state index contributed by atoms with van der Waals surface area (Å²) in [4.78, 5) is 11.4. The fourth-order valence-electron chi connectivity index (χ4n) is 1.52. The Morgan fingerprint density at radius 1 is 1.47 bits per heavy atom. The first-order valence-corrected chi connectivity index (χ1v) is 5.37. The average molecular weight is 241 g/mol. The maximum absolute atomic E-state index is 12.9. The predicted octanol–water partition coefficient (Wildman–Crippen LogP) is 1.34. The zero-order valence-electron chi connectivity index (χ0n) is 9.60. The van der Waals surface area contributed by atoms with Gasteiger partial charge in [0.2, 0.25) is 0 Å². The van der Waals surface area contributed by atoms with Gasteiger partial charge in [0.1, 0.15) is 11.8 Å². The molecule has 1 unspecified atom stereocenters. The molecule has 0 heterocycles. The average Bonchev–Trinajstić information content (AvgIpc) is 2.32. The summed E-state index contributed by atoms with van der Waals surface area (Å²) in [5.41, 5.74) is 6.21. The van der Waals surface area contributed by atoms with Gasteiger partial charge in [-0.05, 0) is 24.6 Å². The molecule has 0 amide bonds. The summed E-state index contributed by atoms with van der Waals surface area (Å²) in [5.74, 6) is -1.30. The molecule has 0 saturated heterocycles. The first-order chi connectivity index (χ1) is 8.10. The predicted molar refractivity (Wildman–Crippen MR) is 61.4 cm³/mol. The number of rotatable bonds is 5. The van der Waals surface area contributed by atoms with Crippen LogP contribution in [0.1, 0.15) is 18.4 Å². The van der Waals surface area contributed by atoms with Crippen molar-refractivity contribution in [2.45, 2.75) is 18.9 Å². The zero-order chi connectivity index (χ0) is 12.8. The van der Waals surface area contributed by atoms with Gasteiger partial charge in [0.25, 0.3) is 0 Å². The van der Waals surface area contributed by atoms with Crippen molar-refractivity contribution in [1.82, 2.24) is 0 Å². The Morgan fingerprint density at radius 2 is 2.06 bits per heavy atom. The van der Waals surface area contributed by atoms with E-state index in [4.69, 9.17) is 15.6 Å². The van der Waals surface area contributed by atoms with E-state index in [1.807, 2.05) is 0 Å². The highest BCUT2D eigenvalue weighted by Gasteiger charge is 2.27. The van der Waals surface area contributed by atoms with Gasteiger partial charge >= 0.3 is 5.97 Å². The quantitative estimate of drug-likeness (QED) is 0.763. The summed E-state index contributed by atoms with van der Waals surface area (Å²) in [7, 11) is 0. The molecule has 0 aliphatic carbocycles. The second kappa shape index (κ2) is 6.20. The number of phenols is 1. The molecule has 1 aromatic carbocycles. The number of hydrogen-bond acceptors (Lipinski definition) is 4. The largest absolute Gasteiger partial charge is 0.508 e. The van der Waals surface area contributed by atoms with Crippen LogP contribution in [0.5, 0.6) is 5.75 Å². The van der Waals surface area contributed by atoms with Crippen LogP contribution in [0.3, 0.4) is 0 Å². The molecule has 1 rings (SSSR count). The van der Waals surface area contributed by atoms with Crippen molar-refractivity contribution in [2.24, 2.45) is 5.73 Å². The number of carbonyl (C=O) groups excluding carboxylic acids is 1. The maximum atomic E-state index is 12.9. The number of benzene rings is 1. The normalized spacial score (nSPS) is 14.1. The molecule has 0 saturated carbocycles. The first kappa shape index (κ1) is 13.4. The van der Waals surface area contributed by atoms with E-state index in [-0.39, 0.29) is 12.4 Å². The third kappa shape index (κ3) is 3.42. The minimum Gasteiger partial charge on any atom is -0.508 e. The van der Waals surface area contributed by atoms with Crippen molar-refractivity contribution < 1.29 is 19.0 Å². The van der Waals surface area contributed by atoms with E-state index >= 15 is 0 Å². The third-order valence-corrected chi connectivity index (χ3v) is 2.48. The van der Waals surface area contributed by atoms with Crippen molar-refractivity contribution in [3.8, 4) is 5.75 Å². The Morgan fingerprint density at radius 3 is 2.53 bits per heavy atom. The van der Waals surface area contributed by atoms with Gasteiger partial charge in [-0.1, -0.05) is 12.1 Å². The molecule has 2 atom stereocenters. The molecule has 0 aliphatic heterocycles. The number of alkyl halides is 1. The molecule has 0 radical (unpaired) electrons. The van der Waals surface area contributed by atoms with Crippen LogP contribution in [-0.4, -0.2) is 30.4 Å². The van der Waals surface area contributed by atoms with Gasteiger partial charge in [0, 0.05) is 5.92 Å². The lowest BCUT2D eigenvalue weighted by Crippen LogP contribution is -2.39. The summed E-state index contributed by atoms with van der Waals surface area (Å²) >= 11 is 0. The minimum absolute atomic E-state index is 0.0797. The monoisotopic (exact) mass is 241 g/mol. The molecule has 94 valence electrons.